The number of thioether (sulfide) groups is 2. The highest BCUT2D eigenvalue weighted by Crippen LogP contribution is 2.33. The maximum Gasteiger partial charge on any atom is 0.493 e. The standard InChI is InChI=1S/C38H49BN2O2S4/c1-4-5-6-7-8-9-10-11-12-13-18-31-23-25-32(26-24-31)39(42-27-29(2)44-37-40-33-19-14-16-21-35(33)46-37)43-28-30(3)45-38-41-34-20-15-17-22-36(34)47-38/h14-17,19-26,29-30H,4-13,18,27-28H2,1-3H3. The Labute approximate surface area is 299 Å². The van der Waals surface area contributed by atoms with Gasteiger partial charge in [0.25, 0.3) is 0 Å². The van der Waals surface area contributed by atoms with Crippen LogP contribution in [0.15, 0.2) is 81.5 Å². The summed E-state index contributed by atoms with van der Waals surface area (Å²) in [6.07, 6.45) is 14.8. The lowest BCUT2D eigenvalue weighted by Gasteiger charge is -2.19. The smallest absolute Gasteiger partial charge is 0.406 e. The van der Waals surface area contributed by atoms with Crippen LogP contribution >= 0.6 is 46.2 Å². The van der Waals surface area contributed by atoms with E-state index in [9.17, 15) is 0 Å². The minimum absolute atomic E-state index is 0.242. The lowest BCUT2D eigenvalue weighted by Crippen LogP contribution is -2.39. The van der Waals surface area contributed by atoms with Crippen molar-refractivity contribution in [1.29, 1.82) is 0 Å². The van der Waals surface area contributed by atoms with E-state index in [-0.39, 0.29) is 10.5 Å². The molecule has 9 heteroatoms. The van der Waals surface area contributed by atoms with Crippen molar-refractivity contribution in [3.8, 4) is 0 Å². The van der Waals surface area contributed by atoms with Crippen LogP contribution in [0.4, 0.5) is 0 Å². The summed E-state index contributed by atoms with van der Waals surface area (Å²) in [7, 11) is -0.418. The number of hydrogen-bond acceptors (Lipinski definition) is 8. The zero-order chi connectivity index (χ0) is 32.7. The third kappa shape index (κ3) is 12.2. The minimum atomic E-state index is -0.418. The van der Waals surface area contributed by atoms with Gasteiger partial charge in [-0.15, -0.1) is 22.7 Å². The number of aryl methyl sites for hydroxylation is 1. The van der Waals surface area contributed by atoms with Crippen molar-refractivity contribution in [2.24, 2.45) is 0 Å². The first-order chi connectivity index (χ1) is 23.1. The molecule has 0 bridgehead atoms. The molecule has 0 aliphatic carbocycles. The number of benzene rings is 3. The second-order valence-corrected chi connectivity index (χ2v) is 17.9. The SMILES string of the molecule is CCCCCCCCCCCCc1ccc(B(OCC(C)Sc2nc3ccccc3s2)OCC(C)Sc2nc3ccccc3s2)cc1. The fourth-order valence-corrected chi connectivity index (χ4v) is 10.1. The third-order valence-electron chi connectivity index (χ3n) is 8.19. The number of thiazole rings is 2. The van der Waals surface area contributed by atoms with E-state index in [0.717, 1.165) is 31.6 Å². The van der Waals surface area contributed by atoms with Crippen LogP contribution in [-0.2, 0) is 15.7 Å². The van der Waals surface area contributed by atoms with Crippen molar-refractivity contribution in [3.05, 3.63) is 78.4 Å². The number of aromatic nitrogens is 2. The molecule has 0 amide bonds. The number of hydrogen-bond donors (Lipinski definition) is 0. The lowest BCUT2D eigenvalue weighted by molar-refractivity contribution is 0.211. The van der Waals surface area contributed by atoms with Crippen molar-refractivity contribution >= 4 is 79.2 Å². The Morgan fingerprint density at radius 1 is 0.617 bits per heavy atom. The molecule has 0 N–H and O–H groups in total. The fraction of sp³-hybridized carbons (Fsp3) is 0.474. The summed E-state index contributed by atoms with van der Waals surface area (Å²) < 4.78 is 17.6. The van der Waals surface area contributed by atoms with Gasteiger partial charge in [0.15, 0.2) is 8.68 Å². The van der Waals surface area contributed by atoms with Crippen molar-refractivity contribution in [1.82, 2.24) is 9.97 Å². The predicted molar refractivity (Wildman–Crippen MR) is 209 cm³/mol. The number of nitrogens with zero attached hydrogens (tertiary/aromatic N) is 2. The van der Waals surface area contributed by atoms with Gasteiger partial charge in [0.1, 0.15) is 0 Å². The van der Waals surface area contributed by atoms with Gasteiger partial charge in [-0.3, -0.25) is 0 Å². The Balaban J connectivity index is 1.12. The normalized spacial score (nSPS) is 13.0. The van der Waals surface area contributed by atoms with Crippen molar-refractivity contribution in [3.63, 3.8) is 0 Å². The molecule has 2 heterocycles. The predicted octanol–water partition coefficient (Wildman–Crippen LogP) is 11.5. The van der Waals surface area contributed by atoms with Crippen LogP contribution < -0.4 is 5.46 Å². The van der Waals surface area contributed by atoms with Crippen LogP contribution in [0, 0.1) is 0 Å². The van der Waals surface area contributed by atoms with Gasteiger partial charge in [-0.1, -0.05) is 151 Å². The summed E-state index contributed by atoms with van der Waals surface area (Å²) in [5.41, 5.74) is 4.59. The van der Waals surface area contributed by atoms with Crippen LogP contribution in [0.25, 0.3) is 20.4 Å². The molecule has 0 radical (unpaired) electrons. The first kappa shape index (κ1) is 36.4. The Morgan fingerprint density at radius 2 is 1.09 bits per heavy atom. The zero-order valence-corrected chi connectivity index (χ0v) is 31.5. The second-order valence-electron chi connectivity index (χ2n) is 12.4. The van der Waals surface area contributed by atoms with Gasteiger partial charge in [-0.2, -0.15) is 0 Å². The molecule has 0 spiro atoms. The minimum Gasteiger partial charge on any atom is -0.406 e. The van der Waals surface area contributed by atoms with Crippen LogP contribution in [0.2, 0.25) is 0 Å². The van der Waals surface area contributed by atoms with E-state index in [1.807, 2.05) is 12.1 Å². The first-order valence-corrected chi connectivity index (χ1v) is 20.8. The van der Waals surface area contributed by atoms with E-state index in [2.05, 4.69) is 81.4 Å². The molecule has 4 nitrogen and oxygen atoms in total. The maximum atomic E-state index is 6.50. The van der Waals surface area contributed by atoms with Crippen LogP contribution in [0.1, 0.15) is 90.5 Å². The Kier molecular flexibility index (Phi) is 15.5. The van der Waals surface area contributed by atoms with E-state index in [1.54, 1.807) is 46.2 Å². The molecular formula is C38H49BN2O2S4. The Hall–Kier alpha value is -1.88. The summed E-state index contributed by atoms with van der Waals surface area (Å²) in [5, 5.41) is 0.485. The van der Waals surface area contributed by atoms with Crippen molar-refractivity contribution in [2.75, 3.05) is 13.2 Å². The van der Waals surface area contributed by atoms with Gasteiger partial charge >= 0.3 is 7.12 Å². The van der Waals surface area contributed by atoms with E-state index in [1.165, 1.54) is 79.2 Å². The molecule has 47 heavy (non-hydrogen) atoms. The maximum absolute atomic E-state index is 6.50. The highest BCUT2D eigenvalue weighted by Gasteiger charge is 2.24. The molecule has 0 fully saturated rings. The summed E-state index contributed by atoms with van der Waals surface area (Å²) in [5.74, 6) is 0. The number of para-hydroxylation sites is 2. The van der Waals surface area contributed by atoms with Gasteiger partial charge in [0, 0.05) is 23.7 Å². The summed E-state index contributed by atoms with van der Waals surface area (Å²) in [6.45, 7) is 7.84. The molecular weight excluding hydrogens is 656 g/mol. The lowest BCUT2D eigenvalue weighted by atomic mass is 9.78. The van der Waals surface area contributed by atoms with E-state index < -0.39 is 7.12 Å². The van der Waals surface area contributed by atoms with Crippen LogP contribution in [0.3, 0.4) is 0 Å². The largest absolute Gasteiger partial charge is 0.493 e. The van der Waals surface area contributed by atoms with Gasteiger partial charge in [-0.25, -0.2) is 9.97 Å². The molecule has 250 valence electrons. The molecule has 2 atom stereocenters. The van der Waals surface area contributed by atoms with Crippen molar-refractivity contribution < 1.29 is 9.31 Å². The van der Waals surface area contributed by atoms with Gasteiger partial charge in [0.05, 0.1) is 20.4 Å². The molecule has 0 aliphatic heterocycles. The first-order valence-electron chi connectivity index (χ1n) is 17.4. The molecule has 0 aliphatic rings. The molecule has 2 aromatic heterocycles. The molecule has 2 unspecified atom stereocenters. The van der Waals surface area contributed by atoms with E-state index in [4.69, 9.17) is 19.3 Å². The number of fused-ring (bicyclic) bond motifs is 2. The van der Waals surface area contributed by atoms with Crippen LogP contribution in [-0.4, -0.2) is 40.8 Å². The topological polar surface area (TPSA) is 44.2 Å². The van der Waals surface area contributed by atoms with Crippen LogP contribution in [0.5, 0.6) is 0 Å². The highest BCUT2D eigenvalue weighted by molar-refractivity contribution is 8.02. The van der Waals surface area contributed by atoms with Gasteiger partial charge in [-0.05, 0) is 48.1 Å². The number of rotatable bonds is 22. The highest BCUT2D eigenvalue weighted by atomic mass is 32.2. The van der Waals surface area contributed by atoms with Gasteiger partial charge in [0.2, 0.25) is 0 Å². The monoisotopic (exact) mass is 704 g/mol. The molecule has 5 aromatic rings. The summed E-state index contributed by atoms with van der Waals surface area (Å²) in [4.78, 5) is 9.62. The van der Waals surface area contributed by atoms with Crippen molar-refractivity contribution in [2.45, 2.75) is 111 Å². The zero-order valence-electron chi connectivity index (χ0n) is 28.2. The molecule has 0 saturated carbocycles. The average Bonchev–Trinajstić information content (AvgIpc) is 3.69. The third-order valence-corrected chi connectivity index (χ3v) is 12.6. The fourth-order valence-electron chi connectivity index (χ4n) is 5.56. The molecule has 3 aromatic carbocycles. The number of unbranched alkanes of at least 4 members (excludes halogenated alkanes) is 9. The molecule has 5 rings (SSSR count). The van der Waals surface area contributed by atoms with Gasteiger partial charge < -0.3 is 9.31 Å². The van der Waals surface area contributed by atoms with E-state index >= 15 is 0 Å². The summed E-state index contributed by atoms with van der Waals surface area (Å²) >= 11 is 7.04. The quantitative estimate of drug-likeness (QED) is 0.0406. The second kappa shape index (κ2) is 20.0. The Morgan fingerprint density at radius 3 is 1.57 bits per heavy atom. The van der Waals surface area contributed by atoms with E-state index in [0.29, 0.717) is 13.2 Å². The Bertz CT molecular complexity index is 1460. The molecule has 0 saturated heterocycles. The average molecular weight is 705 g/mol. The summed E-state index contributed by atoms with van der Waals surface area (Å²) in [6, 6.07) is 25.6.